The van der Waals surface area contributed by atoms with E-state index in [2.05, 4.69) is 20.9 Å². The van der Waals surface area contributed by atoms with Gasteiger partial charge in [0, 0.05) is 0 Å². The van der Waals surface area contributed by atoms with Crippen molar-refractivity contribution in [2.75, 3.05) is 0 Å². The van der Waals surface area contributed by atoms with Crippen LogP contribution in [0.1, 0.15) is 5.56 Å². The third-order valence-electron chi connectivity index (χ3n) is 3.11. The lowest BCUT2D eigenvalue weighted by Gasteiger charge is -2.11. The van der Waals surface area contributed by atoms with Crippen molar-refractivity contribution < 1.29 is 4.39 Å². The summed E-state index contributed by atoms with van der Waals surface area (Å²) in [6, 6.07) is 12.2. The Balaban J connectivity index is 2.18. The second kappa shape index (κ2) is 5.17. The number of aromatic nitrogens is 2. The van der Waals surface area contributed by atoms with Crippen LogP contribution < -0.4 is 5.56 Å². The van der Waals surface area contributed by atoms with Crippen LogP contribution >= 0.6 is 15.9 Å². The van der Waals surface area contributed by atoms with E-state index in [9.17, 15) is 9.18 Å². The Morgan fingerprint density at radius 2 is 1.95 bits per heavy atom. The molecular weight excluding hydrogens is 323 g/mol. The Kier molecular flexibility index (Phi) is 3.36. The molecule has 0 amide bonds. The summed E-state index contributed by atoms with van der Waals surface area (Å²) >= 11 is 3.22. The van der Waals surface area contributed by atoms with Crippen LogP contribution in [-0.4, -0.2) is 9.55 Å². The van der Waals surface area contributed by atoms with Crippen LogP contribution in [0.3, 0.4) is 0 Å². The highest BCUT2D eigenvalue weighted by molar-refractivity contribution is 9.10. The number of hydrogen-bond donors (Lipinski definition) is 0. The Bertz CT molecular complexity index is 845. The molecule has 0 aliphatic heterocycles. The van der Waals surface area contributed by atoms with Crippen molar-refractivity contribution in [3.05, 3.63) is 74.9 Å². The van der Waals surface area contributed by atoms with Crippen molar-refractivity contribution >= 4 is 27.0 Å². The van der Waals surface area contributed by atoms with Crippen molar-refractivity contribution in [2.45, 2.75) is 6.54 Å². The molecule has 3 nitrogen and oxygen atoms in total. The van der Waals surface area contributed by atoms with Gasteiger partial charge in [0.1, 0.15) is 5.82 Å². The minimum absolute atomic E-state index is 0.208. The van der Waals surface area contributed by atoms with E-state index in [1.165, 1.54) is 12.3 Å². The second-order valence-corrected chi connectivity index (χ2v) is 5.18. The predicted octanol–water partition coefficient (Wildman–Crippen LogP) is 3.35. The molecule has 2 aromatic carbocycles. The molecule has 100 valence electrons. The van der Waals surface area contributed by atoms with E-state index >= 15 is 0 Å². The van der Waals surface area contributed by atoms with Gasteiger partial charge in [-0.2, -0.15) is 0 Å². The van der Waals surface area contributed by atoms with E-state index in [0.717, 1.165) is 11.0 Å². The van der Waals surface area contributed by atoms with Gasteiger partial charge in [0.25, 0.3) is 5.56 Å². The fraction of sp³-hybridized carbons (Fsp3) is 0.0667. The van der Waals surface area contributed by atoms with Gasteiger partial charge in [-0.3, -0.25) is 4.79 Å². The second-order valence-electron chi connectivity index (χ2n) is 4.38. The fourth-order valence-corrected chi connectivity index (χ4v) is 2.51. The van der Waals surface area contributed by atoms with Crippen molar-refractivity contribution in [1.29, 1.82) is 0 Å². The average molecular weight is 333 g/mol. The van der Waals surface area contributed by atoms with Crippen LogP contribution in [-0.2, 0) is 6.54 Å². The van der Waals surface area contributed by atoms with Crippen molar-refractivity contribution in [2.24, 2.45) is 0 Å². The van der Waals surface area contributed by atoms with E-state index in [1.807, 2.05) is 24.3 Å². The van der Waals surface area contributed by atoms with Crippen LogP contribution in [0.15, 0.2) is 57.9 Å². The van der Waals surface area contributed by atoms with Gasteiger partial charge < -0.3 is 4.57 Å². The highest BCUT2D eigenvalue weighted by atomic mass is 79.9. The zero-order valence-electron chi connectivity index (χ0n) is 10.4. The van der Waals surface area contributed by atoms with Gasteiger partial charge in [0.2, 0.25) is 0 Å². The Morgan fingerprint density at radius 1 is 1.15 bits per heavy atom. The molecule has 0 unspecified atom stereocenters. The number of fused-ring (bicyclic) bond motifs is 1. The number of halogens is 2. The summed E-state index contributed by atoms with van der Waals surface area (Å²) in [4.78, 5) is 16.1. The van der Waals surface area contributed by atoms with Crippen LogP contribution in [0, 0.1) is 5.82 Å². The third-order valence-corrected chi connectivity index (χ3v) is 4.00. The first-order chi connectivity index (χ1) is 9.66. The molecule has 1 aromatic heterocycles. The van der Waals surface area contributed by atoms with Crippen molar-refractivity contribution in [1.82, 2.24) is 9.55 Å². The van der Waals surface area contributed by atoms with E-state index in [0.29, 0.717) is 16.6 Å². The predicted molar refractivity (Wildman–Crippen MR) is 79.2 cm³/mol. The molecule has 5 heteroatoms. The Labute approximate surface area is 122 Å². The lowest BCUT2D eigenvalue weighted by molar-refractivity contribution is 0.615. The number of nitrogens with zero attached hydrogens (tertiary/aromatic N) is 2. The molecule has 3 rings (SSSR count). The van der Waals surface area contributed by atoms with Gasteiger partial charge in [0.15, 0.2) is 0 Å². The molecule has 0 atom stereocenters. The van der Waals surface area contributed by atoms with Gasteiger partial charge in [0.05, 0.1) is 28.2 Å². The maximum Gasteiger partial charge on any atom is 0.269 e. The van der Waals surface area contributed by atoms with Crippen molar-refractivity contribution in [3.8, 4) is 0 Å². The van der Waals surface area contributed by atoms with Crippen LogP contribution in [0.25, 0.3) is 11.0 Å². The summed E-state index contributed by atoms with van der Waals surface area (Å²) < 4.78 is 15.5. The number of rotatable bonds is 2. The highest BCUT2D eigenvalue weighted by Crippen LogP contribution is 2.21. The molecule has 0 radical (unpaired) electrons. The number of hydrogen-bond acceptors (Lipinski definition) is 2. The van der Waals surface area contributed by atoms with Crippen LogP contribution in [0.4, 0.5) is 4.39 Å². The first kappa shape index (κ1) is 13.0. The number of benzene rings is 2. The highest BCUT2D eigenvalue weighted by Gasteiger charge is 2.09. The first-order valence-corrected chi connectivity index (χ1v) is 6.83. The number of para-hydroxylation sites is 2. The molecule has 0 aliphatic carbocycles. The minimum atomic E-state index is -0.339. The van der Waals surface area contributed by atoms with Gasteiger partial charge in [-0.05, 0) is 39.7 Å². The molecule has 0 N–H and O–H groups in total. The minimum Gasteiger partial charge on any atom is -0.301 e. The normalized spacial score (nSPS) is 10.9. The summed E-state index contributed by atoms with van der Waals surface area (Å²) in [5, 5.41) is 0. The molecule has 0 saturated heterocycles. The maximum absolute atomic E-state index is 13.5. The molecule has 0 fully saturated rings. The summed E-state index contributed by atoms with van der Waals surface area (Å²) in [5.74, 6) is -0.339. The standard InChI is InChI=1S/C15H10BrFN2O/c16-15-10(4-3-5-11(15)17)9-19-13-7-2-1-6-12(13)18-8-14(19)20/h1-8H,9H2. The monoisotopic (exact) mass is 332 g/mol. The van der Waals surface area contributed by atoms with Gasteiger partial charge >= 0.3 is 0 Å². The van der Waals surface area contributed by atoms with E-state index in [4.69, 9.17) is 0 Å². The first-order valence-electron chi connectivity index (χ1n) is 6.04. The van der Waals surface area contributed by atoms with E-state index in [-0.39, 0.29) is 11.4 Å². The Hall–Kier alpha value is -2.01. The van der Waals surface area contributed by atoms with E-state index in [1.54, 1.807) is 16.7 Å². The molecule has 3 aromatic rings. The topological polar surface area (TPSA) is 34.9 Å². The largest absolute Gasteiger partial charge is 0.301 e. The van der Waals surface area contributed by atoms with E-state index < -0.39 is 0 Å². The zero-order chi connectivity index (χ0) is 14.1. The molecular formula is C15H10BrFN2O. The molecule has 0 bridgehead atoms. The summed E-state index contributed by atoms with van der Waals surface area (Å²) in [6.45, 7) is 0.292. The maximum atomic E-state index is 13.5. The van der Waals surface area contributed by atoms with Gasteiger partial charge in [-0.15, -0.1) is 0 Å². The lowest BCUT2D eigenvalue weighted by Crippen LogP contribution is -2.21. The van der Waals surface area contributed by atoms with Crippen molar-refractivity contribution in [3.63, 3.8) is 0 Å². The zero-order valence-corrected chi connectivity index (χ0v) is 12.0. The average Bonchev–Trinajstić information content (AvgIpc) is 2.46. The summed E-state index contributed by atoms with van der Waals surface area (Å²) in [5.41, 5.74) is 1.97. The molecule has 0 aliphatic rings. The Morgan fingerprint density at radius 3 is 2.80 bits per heavy atom. The SMILES string of the molecule is O=c1cnc2ccccc2n1Cc1cccc(F)c1Br. The summed E-state index contributed by atoms with van der Waals surface area (Å²) in [7, 11) is 0. The smallest absolute Gasteiger partial charge is 0.269 e. The lowest BCUT2D eigenvalue weighted by atomic mass is 10.2. The molecule has 0 saturated carbocycles. The molecule has 20 heavy (non-hydrogen) atoms. The van der Waals surface area contributed by atoms with Crippen LogP contribution in [0.5, 0.6) is 0 Å². The molecule has 1 heterocycles. The quantitative estimate of drug-likeness (QED) is 0.721. The fourth-order valence-electron chi connectivity index (χ4n) is 2.12. The van der Waals surface area contributed by atoms with Crippen LogP contribution in [0.2, 0.25) is 0 Å². The third kappa shape index (κ3) is 2.25. The summed E-state index contributed by atoms with van der Waals surface area (Å²) in [6.07, 6.45) is 1.29. The van der Waals surface area contributed by atoms with Gasteiger partial charge in [-0.25, -0.2) is 9.37 Å². The van der Waals surface area contributed by atoms with Gasteiger partial charge in [-0.1, -0.05) is 24.3 Å². The molecule has 0 spiro atoms.